The molecular weight excluding hydrogens is 498 g/mol. The quantitative estimate of drug-likeness (QED) is 0.490. The first kappa shape index (κ1) is 24.6. The smallest absolute Gasteiger partial charge is 0.410 e. The van der Waals surface area contributed by atoms with Gasteiger partial charge in [-0.2, -0.15) is 5.10 Å². The summed E-state index contributed by atoms with van der Waals surface area (Å²) in [6.45, 7) is 4.70. The number of piperidine rings is 1. The lowest BCUT2D eigenvalue weighted by molar-refractivity contribution is 0.0511. The number of carbonyl (C=O) groups is 1. The molecule has 2 aromatic heterocycles. The predicted octanol–water partition coefficient (Wildman–Crippen LogP) is 3.18. The summed E-state index contributed by atoms with van der Waals surface area (Å²) in [5.74, 6) is 0.383. The number of amides is 1. The van der Waals surface area contributed by atoms with E-state index in [1.165, 1.54) is 23.1 Å². The van der Waals surface area contributed by atoms with E-state index in [1.807, 2.05) is 13.8 Å². The average Bonchev–Trinajstić information content (AvgIpc) is 3.17. The molecule has 1 aliphatic heterocycles. The molecule has 10 nitrogen and oxygen atoms in total. The summed E-state index contributed by atoms with van der Waals surface area (Å²) in [6.07, 6.45) is 4.77. The molecule has 13 heteroatoms. The molecule has 0 atom stereocenters. The van der Waals surface area contributed by atoms with Gasteiger partial charge in [-0.1, -0.05) is 0 Å². The molecule has 182 valence electrons. The van der Waals surface area contributed by atoms with E-state index < -0.39 is 9.84 Å². The van der Waals surface area contributed by atoms with Crippen molar-refractivity contribution in [2.75, 3.05) is 19.3 Å². The SMILES string of the molecule is CC(C)OC(=O)N1CCC(Oc2ncnc3c2cnn3-c2c(S)cc(S(C)(=O)=O)cc2S)CC1. The van der Waals surface area contributed by atoms with Crippen LogP contribution in [-0.2, 0) is 14.6 Å². The molecule has 4 rings (SSSR count). The highest BCUT2D eigenvalue weighted by Gasteiger charge is 2.27. The summed E-state index contributed by atoms with van der Waals surface area (Å²) in [7, 11) is -3.42. The van der Waals surface area contributed by atoms with Gasteiger partial charge in [0.15, 0.2) is 15.5 Å². The van der Waals surface area contributed by atoms with Crippen molar-refractivity contribution >= 4 is 52.2 Å². The number of nitrogens with zero attached hydrogens (tertiary/aromatic N) is 5. The second kappa shape index (κ2) is 9.62. The zero-order valence-corrected chi connectivity index (χ0v) is 21.5. The van der Waals surface area contributed by atoms with E-state index in [-0.39, 0.29) is 23.2 Å². The van der Waals surface area contributed by atoms with E-state index in [1.54, 1.807) is 11.1 Å². The van der Waals surface area contributed by atoms with Crippen LogP contribution in [-0.4, -0.2) is 70.7 Å². The van der Waals surface area contributed by atoms with Gasteiger partial charge in [-0.15, -0.1) is 25.3 Å². The topological polar surface area (TPSA) is 117 Å². The van der Waals surface area contributed by atoms with Crippen molar-refractivity contribution in [3.05, 3.63) is 24.7 Å². The van der Waals surface area contributed by atoms with E-state index >= 15 is 0 Å². The van der Waals surface area contributed by atoms with Gasteiger partial charge in [-0.25, -0.2) is 27.9 Å². The van der Waals surface area contributed by atoms with Crippen LogP contribution in [0.3, 0.4) is 0 Å². The normalized spacial score (nSPS) is 15.2. The highest BCUT2D eigenvalue weighted by Crippen LogP contribution is 2.33. The standard InChI is InChI=1S/C21H25N5O5S3/c1-12(2)30-21(27)25-6-4-13(5-7-25)31-20-15-10-24-26(19(15)22-11-23-20)18-16(32)8-14(9-17(18)33)34(3,28)29/h8-13,32-33H,4-7H2,1-3H3. The average molecular weight is 524 g/mol. The lowest BCUT2D eigenvalue weighted by atomic mass is 10.1. The van der Waals surface area contributed by atoms with Crippen LogP contribution in [0.5, 0.6) is 5.88 Å². The van der Waals surface area contributed by atoms with Crippen molar-refractivity contribution in [3.8, 4) is 11.6 Å². The molecule has 1 fully saturated rings. The van der Waals surface area contributed by atoms with Gasteiger partial charge in [0.05, 0.1) is 22.9 Å². The minimum atomic E-state index is -3.42. The van der Waals surface area contributed by atoms with Gasteiger partial charge in [0.1, 0.15) is 17.8 Å². The Morgan fingerprint density at radius 1 is 1.15 bits per heavy atom. The van der Waals surface area contributed by atoms with E-state index in [0.717, 1.165) is 6.26 Å². The summed E-state index contributed by atoms with van der Waals surface area (Å²) in [4.78, 5) is 23.3. The summed E-state index contributed by atoms with van der Waals surface area (Å²) in [6, 6.07) is 2.91. The Bertz CT molecular complexity index is 1310. The second-order valence-corrected chi connectivity index (χ2v) is 11.3. The first-order valence-corrected chi connectivity index (χ1v) is 13.4. The molecule has 0 N–H and O–H groups in total. The Labute approximate surface area is 208 Å². The Morgan fingerprint density at radius 3 is 2.38 bits per heavy atom. The Morgan fingerprint density at radius 2 is 1.79 bits per heavy atom. The predicted molar refractivity (Wildman–Crippen MR) is 131 cm³/mol. The van der Waals surface area contributed by atoms with E-state index in [2.05, 4.69) is 40.3 Å². The van der Waals surface area contributed by atoms with Gasteiger partial charge in [0.25, 0.3) is 0 Å². The van der Waals surface area contributed by atoms with Crippen LogP contribution in [0, 0.1) is 0 Å². The van der Waals surface area contributed by atoms with Gasteiger partial charge < -0.3 is 14.4 Å². The van der Waals surface area contributed by atoms with E-state index in [0.29, 0.717) is 58.3 Å². The zero-order chi connectivity index (χ0) is 24.6. The van der Waals surface area contributed by atoms with Crippen LogP contribution in [0.2, 0.25) is 0 Å². The lowest BCUT2D eigenvalue weighted by Crippen LogP contribution is -2.42. The van der Waals surface area contributed by atoms with Crippen LogP contribution < -0.4 is 4.74 Å². The maximum absolute atomic E-state index is 12.1. The van der Waals surface area contributed by atoms with E-state index in [9.17, 15) is 13.2 Å². The summed E-state index contributed by atoms with van der Waals surface area (Å²) in [5.41, 5.74) is 0.969. The molecule has 0 aliphatic carbocycles. The number of sulfone groups is 1. The van der Waals surface area contributed by atoms with Crippen molar-refractivity contribution in [1.29, 1.82) is 0 Å². The number of rotatable bonds is 5. The number of thiol groups is 2. The van der Waals surface area contributed by atoms with Gasteiger partial charge >= 0.3 is 6.09 Å². The van der Waals surface area contributed by atoms with Crippen LogP contribution in [0.4, 0.5) is 4.79 Å². The second-order valence-electron chi connectivity index (χ2n) is 8.29. The highest BCUT2D eigenvalue weighted by molar-refractivity contribution is 7.90. The molecule has 3 heterocycles. The Balaban J connectivity index is 1.57. The summed E-state index contributed by atoms with van der Waals surface area (Å²) in [5, 5.41) is 5.01. The van der Waals surface area contributed by atoms with Gasteiger partial charge in [0, 0.05) is 42.0 Å². The number of hydrogen-bond donors (Lipinski definition) is 2. The highest BCUT2D eigenvalue weighted by atomic mass is 32.2. The molecule has 1 aliphatic rings. The first-order valence-electron chi connectivity index (χ1n) is 10.6. The molecule has 0 radical (unpaired) electrons. The molecule has 0 spiro atoms. The maximum atomic E-state index is 12.1. The van der Waals surface area contributed by atoms with Crippen molar-refractivity contribution in [2.45, 2.75) is 53.6 Å². The van der Waals surface area contributed by atoms with Gasteiger partial charge in [0.2, 0.25) is 5.88 Å². The minimum Gasteiger partial charge on any atom is -0.474 e. The van der Waals surface area contributed by atoms with E-state index in [4.69, 9.17) is 9.47 Å². The number of likely N-dealkylation sites (tertiary alicyclic amines) is 1. The third-order valence-corrected chi connectivity index (χ3v) is 7.10. The fraction of sp³-hybridized carbons (Fsp3) is 0.429. The maximum Gasteiger partial charge on any atom is 0.410 e. The molecule has 0 bridgehead atoms. The monoisotopic (exact) mass is 523 g/mol. The zero-order valence-electron chi connectivity index (χ0n) is 18.9. The number of carbonyl (C=O) groups excluding carboxylic acids is 1. The van der Waals surface area contributed by atoms with Crippen molar-refractivity contribution in [2.24, 2.45) is 0 Å². The molecule has 34 heavy (non-hydrogen) atoms. The third-order valence-electron chi connectivity index (χ3n) is 5.33. The van der Waals surface area contributed by atoms with Crippen LogP contribution in [0.15, 0.2) is 39.3 Å². The number of aromatic nitrogens is 4. The Kier molecular flexibility index (Phi) is 6.97. The van der Waals surface area contributed by atoms with Crippen molar-refractivity contribution < 1.29 is 22.7 Å². The number of hydrogen-bond acceptors (Lipinski definition) is 10. The van der Waals surface area contributed by atoms with Crippen molar-refractivity contribution in [3.63, 3.8) is 0 Å². The minimum absolute atomic E-state index is 0.116. The largest absolute Gasteiger partial charge is 0.474 e. The Hall–Kier alpha value is -2.51. The van der Waals surface area contributed by atoms with Gasteiger partial charge in [-0.3, -0.25) is 0 Å². The fourth-order valence-electron chi connectivity index (χ4n) is 3.68. The molecule has 1 amide bonds. The lowest BCUT2D eigenvalue weighted by Gasteiger charge is -2.31. The molecule has 3 aromatic rings. The van der Waals surface area contributed by atoms with Gasteiger partial charge in [-0.05, 0) is 26.0 Å². The number of ether oxygens (including phenoxy) is 2. The summed E-state index contributed by atoms with van der Waals surface area (Å²) >= 11 is 8.93. The first-order chi connectivity index (χ1) is 16.0. The molecule has 1 saturated heterocycles. The van der Waals surface area contributed by atoms with Crippen LogP contribution in [0.1, 0.15) is 26.7 Å². The van der Waals surface area contributed by atoms with Crippen LogP contribution >= 0.6 is 25.3 Å². The molecule has 0 unspecified atom stereocenters. The number of benzene rings is 1. The summed E-state index contributed by atoms with van der Waals surface area (Å²) < 4.78 is 36.8. The van der Waals surface area contributed by atoms with Crippen molar-refractivity contribution in [1.82, 2.24) is 24.6 Å². The third kappa shape index (κ3) is 5.10. The van der Waals surface area contributed by atoms with Crippen LogP contribution in [0.25, 0.3) is 16.7 Å². The molecular formula is C21H25N5O5S3. The number of fused-ring (bicyclic) bond motifs is 1. The molecule has 1 aromatic carbocycles. The molecule has 0 saturated carbocycles. The fourth-order valence-corrected chi connectivity index (χ4v) is 5.32.